The van der Waals surface area contributed by atoms with Crippen molar-refractivity contribution in [2.45, 2.75) is 0 Å². The molecule has 1 N–H and O–H groups in total. The van der Waals surface area contributed by atoms with Gasteiger partial charge in [-0.1, -0.05) is 15.9 Å². The van der Waals surface area contributed by atoms with Crippen LogP contribution < -0.4 is 5.56 Å². The maximum atomic E-state index is 12.5. The average Bonchev–Trinajstić information content (AvgIpc) is 2.45. The van der Waals surface area contributed by atoms with Crippen LogP contribution in [0.15, 0.2) is 51.9 Å². The van der Waals surface area contributed by atoms with Gasteiger partial charge in [0.25, 0.3) is 0 Å². The Kier molecular flexibility index (Phi) is 4.75. The third-order valence-electron chi connectivity index (χ3n) is 2.84. The Labute approximate surface area is 131 Å². The molecule has 1 aromatic carbocycles. The van der Waals surface area contributed by atoms with E-state index in [-0.39, 0.29) is 11.3 Å². The second-order valence-corrected chi connectivity index (χ2v) is 5.68. The maximum Gasteiger partial charge on any atom is 0.248 e. The molecule has 5 heteroatoms. The number of hydrogen-bond donors (Lipinski definition) is 1. The van der Waals surface area contributed by atoms with Gasteiger partial charge in [0, 0.05) is 42.0 Å². The summed E-state index contributed by atoms with van der Waals surface area (Å²) in [7, 11) is 3.74. The summed E-state index contributed by atoms with van der Waals surface area (Å²) in [6, 6.07) is 10.0. The molecule has 0 atom stereocenters. The zero-order valence-corrected chi connectivity index (χ0v) is 13.3. The fraction of sp³-hybridized carbons (Fsp3) is 0.125. The first kappa shape index (κ1) is 15.3. The fourth-order valence-electron chi connectivity index (χ4n) is 1.80. The highest BCUT2D eigenvalue weighted by Gasteiger charge is 2.13. The van der Waals surface area contributed by atoms with Crippen LogP contribution in [0.4, 0.5) is 0 Å². The molecule has 0 saturated carbocycles. The van der Waals surface area contributed by atoms with Crippen LogP contribution in [0.3, 0.4) is 0 Å². The number of hydrogen-bond acceptors (Lipinski definition) is 3. The molecule has 108 valence electrons. The minimum atomic E-state index is -0.235. The number of nitrogens with one attached hydrogen (secondary N) is 1. The first-order valence-corrected chi connectivity index (χ1v) is 7.15. The molecule has 0 aliphatic heterocycles. The Morgan fingerprint density at radius 3 is 2.43 bits per heavy atom. The van der Waals surface area contributed by atoms with Gasteiger partial charge in [-0.2, -0.15) is 0 Å². The van der Waals surface area contributed by atoms with Gasteiger partial charge in [0.2, 0.25) is 5.56 Å². The molecular formula is C16H15BrN2O2. The first-order chi connectivity index (χ1) is 9.97. The molecule has 0 amide bonds. The van der Waals surface area contributed by atoms with Crippen LogP contribution in [0, 0.1) is 0 Å². The fourth-order valence-corrected chi connectivity index (χ4v) is 2.06. The van der Waals surface area contributed by atoms with Crippen molar-refractivity contribution in [3.05, 3.63) is 74.2 Å². The number of aromatic amines is 1. The van der Waals surface area contributed by atoms with E-state index in [1.54, 1.807) is 30.5 Å². The molecule has 0 radical (unpaired) electrons. The van der Waals surface area contributed by atoms with Crippen LogP contribution in [0.25, 0.3) is 6.08 Å². The molecule has 1 heterocycles. The number of aromatic nitrogens is 1. The van der Waals surface area contributed by atoms with Gasteiger partial charge < -0.3 is 9.88 Å². The number of halogens is 1. The van der Waals surface area contributed by atoms with E-state index in [4.69, 9.17) is 0 Å². The normalized spacial score (nSPS) is 10.8. The van der Waals surface area contributed by atoms with Gasteiger partial charge in [-0.3, -0.25) is 9.59 Å². The van der Waals surface area contributed by atoms with Gasteiger partial charge in [0.15, 0.2) is 5.78 Å². The molecule has 0 bridgehead atoms. The minimum absolute atomic E-state index is 0.128. The molecule has 0 fully saturated rings. The first-order valence-electron chi connectivity index (χ1n) is 6.35. The second-order valence-electron chi connectivity index (χ2n) is 4.77. The lowest BCUT2D eigenvalue weighted by Gasteiger charge is -2.07. The molecule has 21 heavy (non-hydrogen) atoms. The Morgan fingerprint density at radius 1 is 1.14 bits per heavy atom. The standard InChI is InChI=1S/C16H15BrN2O2/c1-19(2)10-9-14-13(7-8-15(20)18-14)16(21)11-3-5-12(17)6-4-11/h3-10H,1-2H3,(H,18,20). The highest BCUT2D eigenvalue weighted by atomic mass is 79.9. The Hall–Kier alpha value is -2.14. The lowest BCUT2D eigenvalue weighted by Crippen LogP contribution is -2.12. The van der Waals surface area contributed by atoms with E-state index in [9.17, 15) is 9.59 Å². The molecule has 2 rings (SSSR count). The molecule has 0 aliphatic carbocycles. The monoisotopic (exact) mass is 346 g/mol. The average molecular weight is 347 g/mol. The van der Waals surface area contributed by atoms with Crippen molar-refractivity contribution in [1.82, 2.24) is 9.88 Å². The largest absolute Gasteiger partial charge is 0.383 e. The van der Waals surface area contributed by atoms with Crippen LogP contribution in [0.5, 0.6) is 0 Å². The number of nitrogens with zero attached hydrogens (tertiary/aromatic N) is 1. The number of carbonyl (C=O) groups excluding carboxylic acids is 1. The summed E-state index contributed by atoms with van der Waals surface area (Å²) in [6.45, 7) is 0. The van der Waals surface area contributed by atoms with Gasteiger partial charge in [-0.05, 0) is 36.4 Å². The minimum Gasteiger partial charge on any atom is -0.383 e. The molecular weight excluding hydrogens is 332 g/mol. The summed E-state index contributed by atoms with van der Waals surface area (Å²) in [5.41, 5.74) is 1.31. The number of benzene rings is 1. The summed E-state index contributed by atoms with van der Waals surface area (Å²) < 4.78 is 0.910. The van der Waals surface area contributed by atoms with Gasteiger partial charge in [-0.25, -0.2) is 0 Å². The van der Waals surface area contributed by atoms with Crippen molar-refractivity contribution in [3.8, 4) is 0 Å². The van der Waals surface area contributed by atoms with Gasteiger partial charge in [0.05, 0.1) is 5.69 Å². The van der Waals surface area contributed by atoms with Crippen molar-refractivity contribution >= 4 is 27.8 Å². The summed E-state index contributed by atoms with van der Waals surface area (Å²) >= 11 is 3.34. The predicted octanol–water partition coefficient (Wildman–Crippen LogP) is 2.90. The van der Waals surface area contributed by atoms with E-state index < -0.39 is 0 Å². The molecule has 0 unspecified atom stereocenters. The van der Waals surface area contributed by atoms with E-state index in [1.807, 2.05) is 31.1 Å². The van der Waals surface area contributed by atoms with Crippen LogP contribution in [0.1, 0.15) is 21.6 Å². The van der Waals surface area contributed by atoms with Crippen LogP contribution >= 0.6 is 15.9 Å². The third-order valence-corrected chi connectivity index (χ3v) is 3.37. The van der Waals surface area contributed by atoms with Crippen molar-refractivity contribution in [1.29, 1.82) is 0 Å². The Balaban J connectivity index is 2.45. The number of pyridine rings is 1. The number of H-pyrrole nitrogens is 1. The zero-order chi connectivity index (χ0) is 15.4. The molecule has 4 nitrogen and oxygen atoms in total. The van der Waals surface area contributed by atoms with Crippen molar-refractivity contribution < 1.29 is 4.79 Å². The van der Waals surface area contributed by atoms with Gasteiger partial charge in [-0.15, -0.1) is 0 Å². The van der Waals surface area contributed by atoms with Crippen LogP contribution in [-0.4, -0.2) is 29.8 Å². The zero-order valence-electron chi connectivity index (χ0n) is 11.8. The highest BCUT2D eigenvalue weighted by molar-refractivity contribution is 9.10. The van der Waals surface area contributed by atoms with Crippen molar-refractivity contribution in [3.63, 3.8) is 0 Å². The van der Waals surface area contributed by atoms with Crippen LogP contribution in [0.2, 0.25) is 0 Å². The van der Waals surface area contributed by atoms with E-state index in [2.05, 4.69) is 20.9 Å². The number of ketones is 1. The molecule has 0 spiro atoms. The molecule has 0 aliphatic rings. The number of rotatable bonds is 4. The van der Waals surface area contributed by atoms with Crippen LogP contribution in [-0.2, 0) is 0 Å². The highest BCUT2D eigenvalue weighted by Crippen LogP contribution is 2.16. The Bertz CT molecular complexity index is 731. The number of carbonyl (C=O) groups is 1. The maximum absolute atomic E-state index is 12.5. The van der Waals surface area contributed by atoms with E-state index in [1.165, 1.54) is 6.07 Å². The quantitative estimate of drug-likeness (QED) is 0.866. The predicted molar refractivity (Wildman–Crippen MR) is 87.4 cm³/mol. The smallest absolute Gasteiger partial charge is 0.248 e. The van der Waals surface area contributed by atoms with Crippen molar-refractivity contribution in [2.24, 2.45) is 0 Å². The third kappa shape index (κ3) is 3.92. The lowest BCUT2D eigenvalue weighted by molar-refractivity contribution is 0.103. The molecule has 1 aromatic heterocycles. The second kappa shape index (κ2) is 6.54. The van der Waals surface area contributed by atoms with E-state index in [0.717, 1.165) is 4.47 Å². The van der Waals surface area contributed by atoms with Gasteiger partial charge >= 0.3 is 0 Å². The summed E-state index contributed by atoms with van der Waals surface area (Å²) in [6.07, 6.45) is 3.50. The van der Waals surface area contributed by atoms with Crippen molar-refractivity contribution in [2.75, 3.05) is 14.1 Å². The van der Waals surface area contributed by atoms with E-state index >= 15 is 0 Å². The van der Waals surface area contributed by atoms with E-state index in [0.29, 0.717) is 16.8 Å². The SMILES string of the molecule is CN(C)C=Cc1[nH]c(=O)ccc1C(=O)c1ccc(Br)cc1. The van der Waals surface area contributed by atoms with Gasteiger partial charge in [0.1, 0.15) is 0 Å². The molecule has 2 aromatic rings. The summed E-state index contributed by atoms with van der Waals surface area (Å²) in [5.74, 6) is -0.128. The molecule has 0 saturated heterocycles. The Morgan fingerprint density at radius 2 is 1.81 bits per heavy atom. The lowest BCUT2D eigenvalue weighted by atomic mass is 10.0. The summed E-state index contributed by atoms with van der Waals surface area (Å²) in [5, 5.41) is 0. The topological polar surface area (TPSA) is 53.2 Å². The summed E-state index contributed by atoms with van der Waals surface area (Å²) in [4.78, 5) is 28.5.